The van der Waals surface area contributed by atoms with Crippen molar-refractivity contribution in [2.75, 3.05) is 13.1 Å². The van der Waals surface area contributed by atoms with Gasteiger partial charge in [0.05, 0.1) is 0 Å². The van der Waals surface area contributed by atoms with Crippen molar-refractivity contribution in [2.24, 2.45) is 5.73 Å². The second kappa shape index (κ2) is 20.9. The first-order chi connectivity index (χ1) is 16.3. The molecular formula is C23H42N4O7. The molecule has 0 fully saturated rings. The quantitative estimate of drug-likeness (QED) is 0.0920. The molecule has 7 N–H and O–H groups in total. The Morgan fingerprint density at radius 2 is 1.35 bits per heavy atom. The van der Waals surface area contributed by atoms with E-state index in [0.717, 1.165) is 57.8 Å². The summed E-state index contributed by atoms with van der Waals surface area (Å²) in [6, 6.07) is -2.09. The summed E-state index contributed by atoms with van der Waals surface area (Å²) in [5.41, 5.74) is 5.41. The standard InChI is InChI=1S/C23H42N4O7/c24-15-10-11-18(26-17-28)22(32)27-19(23(33)34)13-14-20(29)25-16-9-7-5-3-1-2-4-6-8-12-21(30)31/h17-19H,1-16,24H2,(H,25,29)(H,26,28)(H,27,32)(H,30,31)(H,33,34)/t18-,19-/m0/s1. The highest BCUT2D eigenvalue weighted by molar-refractivity contribution is 5.88. The lowest BCUT2D eigenvalue weighted by Crippen LogP contribution is -2.50. The summed E-state index contributed by atoms with van der Waals surface area (Å²) in [6.07, 6.45) is 10.3. The van der Waals surface area contributed by atoms with Crippen molar-refractivity contribution < 1.29 is 34.2 Å². The van der Waals surface area contributed by atoms with Gasteiger partial charge in [-0.2, -0.15) is 0 Å². The van der Waals surface area contributed by atoms with E-state index in [-0.39, 0.29) is 25.2 Å². The molecule has 196 valence electrons. The Bertz CT molecular complexity index is 616. The van der Waals surface area contributed by atoms with Crippen LogP contribution in [0.1, 0.15) is 89.9 Å². The van der Waals surface area contributed by atoms with Crippen molar-refractivity contribution in [3.63, 3.8) is 0 Å². The van der Waals surface area contributed by atoms with Crippen LogP contribution in [-0.4, -0.2) is 65.5 Å². The summed E-state index contributed by atoms with van der Waals surface area (Å²) >= 11 is 0. The molecule has 2 atom stereocenters. The number of rotatable bonds is 23. The van der Waals surface area contributed by atoms with Crippen LogP contribution in [0.4, 0.5) is 0 Å². The van der Waals surface area contributed by atoms with Crippen LogP contribution in [0.2, 0.25) is 0 Å². The van der Waals surface area contributed by atoms with Crippen molar-refractivity contribution in [3.05, 3.63) is 0 Å². The molecule has 0 aromatic carbocycles. The van der Waals surface area contributed by atoms with Crippen LogP contribution >= 0.6 is 0 Å². The average molecular weight is 487 g/mol. The van der Waals surface area contributed by atoms with Gasteiger partial charge in [0.2, 0.25) is 18.2 Å². The number of hydrogen-bond donors (Lipinski definition) is 6. The number of amides is 3. The summed E-state index contributed by atoms with van der Waals surface area (Å²) < 4.78 is 0. The van der Waals surface area contributed by atoms with E-state index in [4.69, 9.17) is 10.8 Å². The minimum absolute atomic E-state index is 0.0340. The van der Waals surface area contributed by atoms with Crippen LogP contribution in [0.15, 0.2) is 0 Å². The predicted octanol–water partition coefficient (Wildman–Crippen LogP) is 1.29. The number of nitrogens with one attached hydrogen (secondary N) is 3. The Hall–Kier alpha value is -2.69. The Labute approximate surface area is 201 Å². The van der Waals surface area contributed by atoms with Crippen molar-refractivity contribution >= 4 is 30.2 Å². The molecule has 0 aliphatic heterocycles. The minimum Gasteiger partial charge on any atom is -0.481 e. The maximum atomic E-state index is 12.2. The van der Waals surface area contributed by atoms with Gasteiger partial charge in [-0.3, -0.25) is 19.2 Å². The van der Waals surface area contributed by atoms with E-state index in [1.807, 2.05) is 0 Å². The average Bonchev–Trinajstić information content (AvgIpc) is 2.79. The van der Waals surface area contributed by atoms with E-state index in [1.165, 1.54) is 0 Å². The number of nitrogens with two attached hydrogens (primary N) is 1. The normalized spacial score (nSPS) is 12.4. The van der Waals surface area contributed by atoms with E-state index in [2.05, 4.69) is 16.0 Å². The third-order valence-corrected chi connectivity index (χ3v) is 5.45. The summed E-state index contributed by atoms with van der Waals surface area (Å²) in [7, 11) is 0. The Kier molecular flexibility index (Phi) is 19.2. The topological polar surface area (TPSA) is 188 Å². The summed E-state index contributed by atoms with van der Waals surface area (Å²) in [5, 5.41) is 25.4. The van der Waals surface area contributed by atoms with E-state index in [1.54, 1.807) is 0 Å². The van der Waals surface area contributed by atoms with Gasteiger partial charge in [-0.1, -0.05) is 44.9 Å². The molecule has 0 saturated carbocycles. The number of carbonyl (C=O) groups excluding carboxylic acids is 3. The molecule has 0 aliphatic carbocycles. The van der Waals surface area contributed by atoms with Gasteiger partial charge < -0.3 is 31.9 Å². The van der Waals surface area contributed by atoms with E-state index in [0.29, 0.717) is 32.3 Å². The fourth-order valence-corrected chi connectivity index (χ4v) is 3.45. The number of aliphatic carboxylic acids is 2. The lowest BCUT2D eigenvalue weighted by Gasteiger charge is -2.19. The van der Waals surface area contributed by atoms with Gasteiger partial charge >= 0.3 is 11.9 Å². The van der Waals surface area contributed by atoms with E-state index in [9.17, 15) is 29.1 Å². The first kappa shape index (κ1) is 31.3. The zero-order valence-electron chi connectivity index (χ0n) is 20.1. The monoisotopic (exact) mass is 486 g/mol. The fraction of sp³-hybridized carbons (Fsp3) is 0.783. The van der Waals surface area contributed by atoms with Gasteiger partial charge in [-0.05, 0) is 38.6 Å². The highest BCUT2D eigenvalue weighted by atomic mass is 16.4. The molecule has 0 aliphatic rings. The molecule has 0 heterocycles. The largest absolute Gasteiger partial charge is 0.481 e. The number of unbranched alkanes of at least 4 members (excludes halogenated alkanes) is 8. The van der Waals surface area contributed by atoms with E-state index < -0.39 is 29.9 Å². The van der Waals surface area contributed by atoms with Crippen molar-refractivity contribution in [2.45, 2.75) is 102 Å². The van der Waals surface area contributed by atoms with Gasteiger partial charge in [0.25, 0.3) is 0 Å². The molecule has 0 bridgehead atoms. The first-order valence-electron chi connectivity index (χ1n) is 12.2. The minimum atomic E-state index is -1.24. The van der Waals surface area contributed by atoms with Gasteiger partial charge in [-0.15, -0.1) is 0 Å². The third kappa shape index (κ3) is 17.8. The van der Waals surface area contributed by atoms with E-state index >= 15 is 0 Å². The van der Waals surface area contributed by atoms with Crippen LogP contribution in [0.25, 0.3) is 0 Å². The molecule has 11 heteroatoms. The zero-order chi connectivity index (χ0) is 25.6. The van der Waals surface area contributed by atoms with Gasteiger partial charge in [-0.25, -0.2) is 4.79 Å². The zero-order valence-corrected chi connectivity index (χ0v) is 20.1. The number of hydrogen-bond acceptors (Lipinski definition) is 6. The Morgan fingerprint density at radius 1 is 0.765 bits per heavy atom. The number of carboxylic acids is 2. The molecule has 34 heavy (non-hydrogen) atoms. The summed E-state index contributed by atoms with van der Waals surface area (Å²) in [6.45, 7) is 0.853. The van der Waals surface area contributed by atoms with Crippen LogP contribution in [0.5, 0.6) is 0 Å². The van der Waals surface area contributed by atoms with Crippen LogP contribution < -0.4 is 21.7 Å². The van der Waals surface area contributed by atoms with Gasteiger partial charge in [0, 0.05) is 19.4 Å². The SMILES string of the molecule is NCCC[C@H](NC=O)C(=O)N[C@@H](CCC(=O)NCCCCCCCCCCCC(=O)O)C(=O)O. The summed E-state index contributed by atoms with van der Waals surface area (Å²) in [5.74, 6) is -2.87. The molecule has 11 nitrogen and oxygen atoms in total. The maximum Gasteiger partial charge on any atom is 0.326 e. The highest BCUT2D eigenvalue weighted by Gasteiger charge is 2.25. The third-order valence-electron chi connectivity index (χ3n) is 5.45. The van der Waals surface area contributed by atoms with Crippen molar-refractivity contribution in [1.82, 2.24) is 16.0 Å². The van der Waals surface area contributed by atoms with Gasteiger partial charge in [0.1, 0.15) is 12.1 Å². The molecule has 0 saturated heterocycles. The van der Waals surface area contributed by atoms with Gasteiger partial charge in [0.15, 0.2) is 0 Å². The fourth-order valence-electron chi connectivity index (χ4n) is 3.45. The van der Waals surface area contributed by atoms with Crippen molar-refractivity contribution in [3.8, 4) is 0 Å². The Balaban J connectivity index is 3.95. The predicted molar refractivity (Wildman–Crippen MR) is 127 cm³/mol. The molecule has 0 unspecified atom stereocenters. The number of carbonyl (C=O) groups is 5. The molecular weight excluding hydrogens is 444 g/mol. The maximum absolute atomic E-state index is 12.2. The lowest BCUT2D eigenvalue weighted by molar-refractivity contribution is -0.142. The molecule has 0 rings (SSSR count). The molecule has 0 radical (unpaired) electrons. The summed E-state index contributed by atoms with van der Waals surface area (Å²) in [4.78, 5) is 56.8. The van der Waals surface area contributed by atoms with Crippen LogP contribution in [0, 0.1) is 0 Å². The second-order valence-corrected chi connectivity index (χ2v) is 8.38. The molecule has 3 amide bonds. The smallest absolute Gasteiger partial charge is 0.326 e. The lowest BCUT2D eigenvalue weighted by atomic mass is 10.1. The highest BCUT2D eigenvalue weighted by Crippen LogP contribution is 2.10. The van der Waals surface area contributed by atoms with Crippen molar-refractivity contribution in [1.29, 1.82) is 0 Å². The Morgan fingerprint density at radius 3 is 1.88 bits per heavy atom. The van der Waals surface area contributed by atoms with Crippen LogP contribution in [0.3, 0.4) is 0 Å². The molecule has 0 aromatic heterocycles. The molecule has 0 spiro atoms. The second-order valence-electron chi connectivity index (χ2n) is 8.38. The number of carboxylic acid groups (broad SMARTS) is 2. The first-order valence-corrected chi connectivity index (χ1v) is 12.2. The van der Waals surface area contributed by atoms with Crippen LogP contribution in [-0.2, 0) is 24.0 Å². The molecule has 0 aromatic rings.